The van der Waals surface area contributed by atoms with Gasteiger partial charge in [-0.25, -0.2) is 0 Å². The molecule has 2 aromatic rings. The van der Waals surface area contributed by atoms with E-state index in [1.807, 2.05) is 36.6 Å². The van der Waals surface area contributed by atoms with Gasteiger partial charge in [0.25, 0.3) is 0 Å². The molecule has 0 radical (unpaired) electrons. The van der Waals surface area contributed by atoms with E-state index in [0.717, 1.165) is 5.56 Å². The molecule has 92 valence electrons. The highest BCUT2D eigenvalue weighted by Crippen LogP contribution is 2.15. The van der Waals surface area contributed by atoms with E-state index >= 15 is 0 Å². The molecule has 1 heterocycles. The molecule has 0 saturated carbocycles. The van der Waals surface area contributed by atoms with Crippen molar-refractivity contribution in [3.05, 3.63) is 53.9 Å². The Labute approximate surface area is 111 Å². The predicted octanol–water partition coefficient (Wildman–Crippen LogP) is 3.04. The zero-order valence-corrected chi connectivity index (χ0v) is 11.1. The molecule has 0 aliphatic heterocycles. The Balaban J connectivity index is 2.08. The molecule has 0 spiro atoms. The van der Waals surface area contributed by atoms with E-state index in [9.17, 15) is 4.79 Å². The molecule has 4 heteroatoms. The molecule has 0 bridgehead atoms. The van der Waals surface area contributed by atoms with E-state index in [0.29, 0.717) is 5.56 Å². The van der Waals surface area contributed by atoms with Crippen molar-refractivity contribution in [1.82, 2.24) is 9.78 Å². The molecule has 0 atom stereocenters. The number of aryl methyl sites for hydroxylation is 1. The molecule has 2 rings (SSSR count). The Morgan fingerprint density at radius 1 is 1.33 bits per heavy atom. The summed E-state index contributed by atoms with van der Waals surface area (Å²) in [5.41, 5.74) is 1.62. The normalized spacial score (nSPS) is 11.0. The van der Waals surface area contributed by atoms with E-state index < -0.39 is 0 Å². The maximum Gasteiger partial charge on any atom is 0.189 e. The molecule has 0 fully saturated rings. The van der Waals surface area contributed by atoms with Crippen LogP contribution in [0.3, 0.4) is 0 Å². The number of carbonyl (C=O) groups excluding carboxylic acids is 1. The van der Waals surface area contributed by atoms with Crippen LogP contribution in [0, 0.1) is 0 Å². The van der Waals surface area contributed by atoms with Crippen molar-refractivity contribution < 1.29 is 4.79 Å². The van der Waals surface area contributed by atoms with Gasteiger partial charge in [-0.15, -0.1) is 11.8 Å². The highest BCUT2D eigenvalue weighted by molar-refractivity contribution is 7.98. The monoisotopic (exact) mass is 258 g/mol. The lowest BCUT2D eigenvalue weighted by atomic mass is 10.1. The Morgan fingerprint density at radius 3 is 2.61 bits per heavy atom. The maximum absolute atomic E-state index is 11.8. The van der Waals surface area contributed by atoms with Crippen LogP contribution in [0.2, 0.25) is 0 Å². The zero-order chi connectivity index (χ0) is 13.0. The van der Waals surface area contributed by atoms with Crippen LogP contribution in [0.25, 0.3) is 6.08 Å². The molecule has 0 aliphatic carbocycles. The lowest BCUT2D eigenvalue weighted by molar-refractivity contribution is 0.104. The SMILES string of the molecule is CSc1ccc(C=CC(=O)c2cnn(C)c2)cc1. The number of nitrogens with zero attached hydrogens (tertiary/aromatic N) is 2. The van der Waals surface area contributed by atoms with Gasteiger partial charge in [0.05, 0.1) is 11.8 Å². The number of thioether (sulfide) groups is 1. The number of ketones is 1. The smallest absolute Gasteiger partial charge is 0.189 e. The van der Waals surface area contributed by atoms with Gasteiger partial charge in [0.15, 0.2) is 5.78 Å². The van der Waals surface area contributed by atoms with Crippen LogP contribution in [-0.2, 0) is 7.05 Å². The van der Waals surface area contributed by atoms with Crippen molar-refractivity contribution >= 4 is 23.6 Å². The standard InChI is InChI=1S/C14H14N2OS/c1-16-10-12(9-15-16)14(17)8-5-11-3-6-13(18-2)7-4-11/h3-10H,1-2H3. The Bertz CT molecular complexity index is 570. The summed E-state index contributed by atoms with van der Waals surface area (Å²) >= 11 is 1.70. The van der Waals surface area contributed by atoms with Crippen LogP contribution in [0.1, 0.15) is 15.9 Å². The van der Waals surface area contributed by atoms with Crippen LogP contribution in [0.15, 0.2) is 47.6 Å². The van der Waals surface area contributed by atoms with Crippen LogP contribution < -0.4 is 0 Å². The molecule has 18 heavy (non-hydrogen) atoms. The topological polar surface area (TPSA) is 34.9 Å². The van der Waals surface area contributed by atoms with E-state index in [4.69, 9.17) is 0 Å². The van der Waals surface area contributed by atoms with Gasteiger partial charge in [0.2, 0.25) is 0 Å². The van der Waals surface area contributed by atoms with E-state index in [2.05, 4.69) is 5.10 Å². The molecular weight excluding hydrogens is 244 g/mol. The van der Waals surface area contributed by atoms with Crippen LogP contribution in [0.4, 0.5) is 0 Å². The average Bonchev–Trinajstić information content (AvgIpc) is 2.83. The molecule has 0 aliphatic rings. The highest BCUT2D eigenvalue weighted by Gasteiger charge is 2.03. The summed E-state index contributed by atoms with van der Waals surface area (Å²) in [5.74, 6) is -0.0305. The van der Waals surface area contributed by atoms with Crippen molar-refractivity contribution in [2.24, 2.45) is 7.05 Å². The summed E-state index contributed by atoms with van der Waals surface area (Å²) in [7, 11) is 1.79. The molecule has 1 aromatic carbocycles. The van der Waals surface area contributed by atoms with Crippen molar-refractivity contribution in [1.29, 1.82) is 0 Å². The fourth-order valence-corrected chi connectivity index (χ4v) is 1.94. The number of allylic oxidation sites excluding steroid dienone is 1. The van der Waals surface area contributed by atoms with Crippen LogP contribution in [0.5, 0.6) is 0 Å². The number of benzene rings is 1. The summed E-state index contributed by atoms with van der Waals surface area (Å²) in [6, 6.07) is 8.08. The molecule has 0 amide bonds. The molecule has 0 saturated heterocycles. The highest BCUT2D eigenvalue weighted by atomic mass is 32.2. The third-order valence-corrected chi connectivity index (χ3v) is 3.28. The van der Waals surface area contributed by atoms with Crippen LogP contribution >= 0.6 is 11.8 Å². The molecule has 0 unspecified atom stereocenters. The Morgan fingerprint density at radius 2 is 2.06 bits per heavy atom. The van der Waals surface area contributed by atoms with Gasteiger partial charge < -0.3 is 0 Å². The fourth-order valence-electron chi connectivity index (χ4n) is 1.53. The fraction of sp³-hybridized carbons (Fsp3) is 0.143. The number of hydrogen-bond acceptors (Lipinski definition) is 3. The lowest BCUT2D eigenvalue weighted by Crippen LogP contribution is -1.91. The largest absolute Gasteiger partial charge is 0.289 e. The number of carbonyl (C=O) groups is 1. The van der Waals surface area contributed by atoms with Crippen molar-refractivity contribution in [3.63, 3.8) is 0 Å². The van der Waals surface area contributed by atoms with Gasteiger partial charge in [-0.2, -0.15) is 5.10 Å². The van der Waals surface area contributed by atoms with Gasteiger partial charge in [-0.05, 0) is 30.0 Å². The van der Waals surface area contributed by atoms with Crippen molar-refractivity contribution in [2.45, 2.75) is 4.90 Å². The van der Waals surface area contributed by atoms with Crippen molar-refractivity contribution in [3.8, 4) is 0 Å². The maximum atomic E-state index is 11.8. The van der Waals surface area contributed by atoms with E-state index in [1.54, 1.807) is 42.0 Å². The van der Waals surface area contributed by atoms with Gasteiger partial charge in [-0.3, -0.25) is 9.48 Å². The average molecular weight is 258 g/mol. The van der Waals surface area contributed by atoms with Gasteiger partial charge in [-0.1, -0.05) is 18.2 Å². The molecular formula is C14H14N2OS. The first kappa shape index (κ1) is 12.6. The lowest BCUT2D eigenvalue weighted by Gasteiger charge is -1.96. The third-order valence-electron chi connectivity index (χ3n) is 2.53. The van der Waals surface area contributed by atoms with Crippen molar-refractivity contribution in [2.75, 3.05) is 6.26 Å². The second-order valence-corrected chi connectivity index (χ2v) is 4.75. The first-order chi connectivity index (χ1) is 8.69. The first-order valence-corrected chi connectivity index (χ1v) is 6.76. The summed E-state index contributed by atoms with van der Waals surface area (Å²) in [6.07, 6.45) is 8.72. The van der Waals surface area contributed by atoms with Crippen LogP contribution in [-0.4, -0.2) is 21.8 Å². The first-order valence-electron chi connectivity index (χ1n) is 5.54. The van der Waals surface area contributed by atoms with Gasteiger partial charge >= 0.3 is 0 Å². The van der Waals surface area contributed by atoms with Gasteiger partial charge in [0, 0.05) is 18.1 Å². The second-order valence-electron chi connectivity index (χ2n) is 3.87. The summed E-state index contributed by atoms with van der Waals surface area (Å²) in [5, 5.41) is 3.97. The molecule has 1 aromatic heterocycles. The number of hydrogen-bond donors (Lipinski definition) is 0. The molecule has 0 N–H and O–H groups in total. The predicted molar refractivity (Wildman–Crippen MR) is 74.8 cm³/mol. The van der Waals surface area contributed by atoms with E-state index in [-0.39, 0.29) is 5.78 Å². The quantitative estimate of drug-likeness (QED) is 0.480. The summed E-state index contributed by atoms with van der Waals surface area (Å²) in [4.78, 5) is 13.0. The minimum atomic E-state index is -0.0305. The number of rotatable bonds is 4. The Hall–Kier alpha value is -1.81. The second kappa shape index (κ2) is 5.69. The summed E-state index contributed by atoms with van der Waals surface area (Å²) in [6.45, 7) is 0. The van der Waals surface area contributed by atoms with Gasteiger partial charge in [0.1, 0.15) is 0 Å². The van der Waals surface area contributed by atoms with E-state index in [1.165, 1.54) is 4.90 Å². The third kappa shape index (κ3) is 3.11. The molecule has 3 nitrogen and oxygen atoms in total. The minimum Gasteiger partial charge on any atom is -0.289 e. The summed E-state index contributed by atoms with van der Waals surface area (Å²) < 4.78 is 1.62. The zero-order valence-electron chi connectivity index (χ0n) is 10.3. The number of aromatic nitrogens is 2. The minimum absolute atomic E-state index is 0.0305. The Kier molecular flexibility index (Phi) is 3.99.